The van der Waals surface area contributed by atoms with Crippen molar-refractivity contribution in [2.24, 2.45) is 5.73 Å². The van der Waals surface area contributed by atoms with Crippen LogP contribution in [0.15, 0.2) is 6.07 Å². The summed E-state index contributed by atoms with van der Waals surface area (Å²) < 4.78 is 5.79. The molecule has 0 aromatic heterocycles. The first-order valence-electron chi connectivity index (χ1n) is 7.44. The number of nitrogens with one attached hydrogen (secondary N) is 1. The molecule has 0 aliphatic carbocycles. The van der Waals surface area contributed by atoms with E-state index in [1.807, 2.05) is 33.9 Å². The largest absolute Gasteiger partial charge is 0.493 e. The highest BCUT2D eigenvalue weighted by Gasteiger charge is 2.24. The summed E-state index contributed by atoms with van der Waals surface area (Å²) in [5, 5.41) is 14.3. The van der Waals surface area contributed by atoms with Gasteiger partial charge in [0.25, 0.3) is 0 Å². The standard InChI is InChI=1S/C16H27ClN2O2/c1-5-8-21-13-9-10(2)15(17)11(3)14(13)16(20)12(18)6-7-19-4/h9,12,16,19-20H,5-8,18H2,1-4H3. The Labute approximate surface area is 132 Å². The fourth-order valence-electron chi connectivity index (χ4n) is 2.32. The van der Waals surface area contributed by atoms with Gasteiger partial charge in [0, 0.05) is 16.6 Å². The summed E-state index contributed by atoms with van der Waals surface area (Å²) in [6, 6.07) is 1.52. The van der Waals surface area contributed by atoms with Crippen molar-refractivity contribution < 1.29 is 9.84 Å². The van der Waals surface area contributed by atoms with Crippen molar-refractivity contribution in [2.45, 2.75) is 45.8 Å². The number of hydrogen-bond acceptors (Lipinski definition) is 4. The Morgan fingerprint density at radius 1 is 1.43 bits per heavy atom. The molecule has 120 valence electrons. The molecule has 1 aromatic rings. The molecule has 0 fully saturated rings. The van der Waals surface area contributed by atoms with Crippen LogP contribution in [0.5, 0.6) is 5.75 Å². The Kier molecular flexibility index (Phi) is 7.46. The lowest BCUT2D eigenvalue weighted by Gasteiger charge is -2.25. The highest BCUT2D eigenvalue weighted by Crippen LogP contribution is 2.37. The smallest absolute Gasteiger partial charge is 0.125 e. The molecule has 5 heteroatoms. The van der Waals surface area contributed by atoms with Crippen molar-refractivity contribution in [3.05, 3.63) is 27.8 Å². The second-order valence-electron chi connectivity index (χ2n) is 5.39. The average molecular weight is 315 g/mol. The van der Waals surface area contributed by atoms with Crippen molar-refractivity contribution in [3.8, 4) is 5.75 Å². The van der Waals surface area contributed by atoms with Gasteiger partial charge in [-0.1, -0.05) is 18.5 Å². The first-order chi connectivity index (χ1) is 9.93. The number of aliphatic hydroxyl groups is 1. The van der Waals surface area contributed by atoms with Crippen LogP contribution < -0.4 is 15.8 Å². The molecule has 4 N–H and O–H groups in total. The molecular weight excluding hydrogens is 288 g/mol. The van der Waals surface area contributed by atoms with E-state index >= 15 is 0 Å². The predicted octanol–water partition coefficient (Wildman–Crippen LogP) is 2.72. The molecule has 0 heterocycles. The molecule has 0 radical (unpaired) electrons. The van der Waals surface area contributed by atoms with Crippen molar-refractivity contribution in [1.29, 1.82) is 0 Å². The van der Waals surface area contributed by atoms with Crippen molar-refractivity contribution in [1.82, 2.24) is 5.32 Å². The molecule has 21 heavy (non-hydrogen) atoms. The highest BCUT2D eigenvalue weighted by atomic mass is 35.5. The minimum atomic E-state index is -0.789. The van der Waals surface area contributed by atoms with Crippen molar-refractivity contribution in [3.63, 3.8) is 0 Å². The predicted molar refractivity (Wildman–Crippen MR) is 88.2 cm³/mol. The highest BCUT2D eigenvalue weighted by molar-refractivity contribution is 6.32. The van der Waals surface area contributed by atoms with Crippen LogP contribution in [0.2, 0.25) is 5.02 Å². The minimum absolute atomic E-state index is 0.362. The number of ether oxygens (including phenoxy) is 1. The van der Waals surface area contributed by atoms with Gasteiger partial charge in [-0.05, 0) is 57.5 Å². The zero-order chi connectivity index (χ0) is 16.0. The average Bonchev–Trinajstić information content (AvgIpc) is 2.47. The van der Waals surface area contributed by atoms with E-state index in [1.165, 1.54) is 0 Å². The van der Waals surface area contributed by atoms with E-state index in [-0.39, 0.29) is 6.04 Å². The number of hydrogen-bond donors (Lipinski definition) is 3. The van der Waals surface area contributed by atoms with Crippen LogP contribution in [0.4, 0.5) is 0 Å². The molecule has 2 atom stereocenters. The van der Waals surface area contributed by atoms with Crippen LogP contribution in [-0.4, -0.2) is 31.3 Å². The van der Waals surface area contributed by atoms with Gasteiger partial charge < -0.3 is 20.9 Å². The second kappa shape index (κ2) is 8.59. The number of aryl methyl sites for hydroxylation is 1. The normalized spacial score (nSPS) is 14.0. The van der Waals surface area contributed by atoms with Gasteiger partial charge in [0.15, 0.2) is 0 Å². The van der Waals surface area contributed by atoms with Crippen molar-refractivity contribution in [2.75, 3.05) is 20.2 Å². The molecule has 0 amide bonds. The van der Waals surface area contributed by atoms with Crippen LogP contribution in [0, 0.1) is 13.8 Å². The van der Waals surface area contributed by atoms with E-state index in [0.717, 1.165) is 24.1 Å². The Morgan fingerprint density at radius 2 is 2.10 bits per heavy atom. The van der Waals surface area contributed by atoms with E-state index in [4.69, 9.17) is 22.1 Å². The van der Waals surface area contributed by atoms with Gasteiger partial charge in [-0.2, -0.15) is 0 Å². The summed E-state index contributed by atoms with van der Waals surface area (Å²) in [7, 11) is 1.86. The fraction of sp³-hybridized carbons (Fsp3) is 0.625. The molecule has 4 nitrogen and oxygen atoms in total. The Bertz CT molecular complexity index is 466. The molecule has 0 aliphatic heterocycles. The van der Waals surface area contributed by atoms with Gasteiger partial charge in [-0.25, -0.2) is 0 Å². The molecule has 0 saturated heterocycles. The van der Waals surface area contributed by atoms with Crippen molar-refractivity contribution >= 4 is 11.6 Å². The summed E-state index contributed by atoms with van der Waals surface area (Å²) in [6.07, 6.45) is 0.793. The molecule has 0 saturated carbocycles. The third kappa shape index (κ3) is 4.58. The lowest BCUT2D eigenvalue weighted by atomic mass is 9.94. The first-order valence-corrected chi connectivity index (χ1v) is 7.82. The minimum Gasteiger partial charge on any atom is -0.493 e. The van der Waals surface area contributed by atoms with E-state index in [2.05, 4.69) is 5.32 Å². The third-order valence-corrected chi connectivity index (χ3v) is 4.16. The Hall–Kier alpha value is -0.810. The van der Waals surface area contributed by atoms with E-state index in [9.17, 15) is 5.11 Å². The van der Waals surface area contributed by atoms with Gasteiger partial charge in [0.2, 0.25) is 0 Å². The maximum atomic E-state index is 10.6. The van der Waals surface area contributed by atoms with Crippen LogP contribution in [0.1, 0.15) is 42.6 Å². The van der Waals surface area contributed by atoms with Gasteiger partial charge >= 0.3 is 0 Å². The molecule has 0 bridgehead atoms. The number of nitrogens with two attached hydrogens (primary N) is 1. The summed E-state index contributed by atoms with van der Waals surface area (Å²) in [5.41, 5.74) is 8.60. The van der Waals surface area contributed by atoms with Crippen LogP contribution >= 0.6 is 11.6 Å². The molecule has 2 unspecified atom stereocenters. The van der Waals surface area contributed by atoms with Gasteiger partial charge in [0.05, 0.1) is 12.7 Å². The zero-order valence-corrected chi connectivity index (χ0v) is 14.1. The quantitative estimate of drug-likeness (QED) is 0.690. The van der Waals surface area contributed by atoms with E-state index in [0.29, 0.717) is 29.4 Å². The summed E-state index contributed by atoms with van der Waals surface area (Å²) in [5.74, 6) is 0.684. The van der Waals surface area contributed by atoms with Crippen LogP contribution in [0.3, 0.4) is 0 Å². The topological polar surface area (TPSA) is 67.5 Å². The number of benzene rings is 1. The van der Waals surface area contributed by atoms with E-state index < -0.39 is 6.10 Å². The molecular formula is C16H27ClN2O2. The number of halogens is 1. The Morgan fingerprint density at radius 3 is 2.67 bits per heavy atom. The maximum Gasteiger partial charge on any atom is 0.125 e. The second-order valence-corrected chi connectivity index (χ2v) is 5.77. The molecule has 0 aliphatic rings. The van der Waals surface area contributed by atoms with Crippen LogP contribution in [-0.2, 0) is 0 Å². The SMILES string of the molecule is CCCOc1cc(C)c(Cl)c(C)c1C(O)C(N)CCNC. The summed E-state index contributed by atoms with van der Waals surface area (Å²) in [4.78, 5) is 0. The maximum absolute atomic E-state index is 10.6. The Balaban J connectivity index is 3.14. The molecule has 1 aromatic carbocycles. The monoisotopic (exact) mass is 314 g/mol. The van der Waals surface area contributed by atoms with Gasteiger partial charge in [0.1, 0.15) is 5.75 Å². The fourth-order valence-corrected chi connectivity index (χ4v) is 2.47. The lowest BCUT2D eigenvalue weighted by Crippen LogP contribution is -2.32. The molecule has 1 rings (SSSR count). The van der Waals surface area contributed by atoms with E-state index in [1.54, 1.807) is 0 Å². The van der Waals surface area contributed by atoms with Crippen LogP contribution in [0.25, 0.3) is 0 Å². The number of rotatable bonds is 8. The summed E-state index contributed by atoms with van der Waals surface area (Å²) >= 11 is 6.32. The summed E-state index contributed by atoms with van der Waals surface area (Å²) in [6.45, 7) is 7.24. The molecule has 0 spiro atoms. The van der Waals surface area contributed by atoms with Gasteiger partial charge in [-0.3, -0.25) is 0 Å². The number of aliphatic hydroxyl groups excluding tert-OH is 1. The zero-order valence-electron chi connectivity index (χ0n) is 13.4. The lowest BCUT2D eigenvalue weighted by molar-refractivity contribution is 0.136. The first kappa shape index (κ1) is 18.2. The third-order valence-electron chi connectivity index (χ3n) is 3.58. The van der Waals surface area contributed by atoms with Gasteiger partial charge in [-0.15, -0.1) is 0 Å².